The van der Waals surface area contributed by atoms with Gasteiger partial charge in [0.1, 0.15) is 17.2 Å². The van der Waals surface area contributed by atoms with E-state index in [1.165, 1.54) is 0 Å². The first-order valence-electron chi connectivity index (χ1n) is 6.54. The number of rotatable bonds is 3. The second-order valence-corrected chi connectivity index (χ2v) is 4.55. The molecule has 0 aromatic heterocycles. The third kappa shape index (κ3) is 2.69. The lowest BCUT2D eigenvalue weighted by molar-refractivity contribution is 0.415. The lowest BCUT2D eigenvalue weighted by Crippen LogP contribution is -1.79. The molecule has 0 aliphatic heterocycles. The number of phenolic OH excluding ortho intramolecular Hbond substituents is 1. The number of benzene rings is 3. The fourth-order valence-corrected chi connectivity index (χ4v) is 2.11. The number of azo groups is 1. The first-order valence-corrected chi connectivity index (χ1v) is 6.54. The highest BCUT2D eigenvalue weighted by Crippen LogP contribution is 2.36. The van der Waals surface area contributed by atoms with Crippen LogP contribution in [0.3, 0.4) is 0 Å². The van der Waals surface area contributed by atoms with Gasteiger partial charge in [-0.05, 0) is 35.7 Å². The van der Waals surface area contributed by atoms with Gasteiger partial charge in [0.05, 0.1) is 12.8 Å². The van der Waals surface area contributed by atoms with E-state index in [1.807, 2.05) is 54.6 Å². The van der Waals surface area contributed by atoms with Gasteiger partial charge in [0.15, 0.2) is 0 Å². The smallest absolute Gasteiger partial charge is 0.143 e. The van der Waals surface area contributed by atoms with Gasteiger partial charge in [-0.2, -0.15) is 5.11 Å². The van der Waals surface area contributed by atoms with Crippen LogP contribution in [0.25, 0.3) is 10.8 Å². The minimum atomic E-state index is 0.117. The van der Waals surface area contributed by atoms with Crippen molar-refractivity contribution in [2.45, 2.75) is 0 Å². The minimum absolute atomic E-state index is 0.117. The molecule has 4 heteroatoms. The van der Waals surface area contributed by atoms with Crippen LogP contribution in [0.15, 0.2) is 70.9 Å². The predicted molar refractivity (Wildman–Crippen MR) is 82.8 cm³/mol. The second-order valence-electron chi connectivity index (χ2n) is 4.55. The Balaban J connectivity index is 2.00. The molecule has 3 rings (SSSR count). The Morgan fingerprint density at radius 2 is 1.62 bits per heavy atom. The minimum Gasteiger partial charge on any atom is -0.506 e. The molecule has 0 unspecified atom stereocenters. The molecule has 0 saturated heterocycles. The average molecular weight is 278 g/mol. The summed E-state index contributed by atoms with van der Waals surface area (Å²) in [6.45, 7) is 0. The molecule has 0 bridgehead atoms. The number of ether oxygens (including phenoxy) is 1. The predicted octanol–water partition coefficient (Wildman–Crippen LogP) is 4.97. The Bertz CT molecular complexity index is 795. The average Bonchev–Trinajstić information content (AvgIpc) is 2.54. The van der Waals surface area contributed by atoms with E-state index < -0.39 is 0 Å². The van der Waals surface area contributed by atoms with Gasteiger partial charge in [-0.1, -0.05) is 30.3 Å². The van der Waals surface area contributed by atoms with E-state index in [-0.39, 0.29) is 5.75 Å². The summed E-state index contributed by atoms with van der Waals surface area (Å²) < 4.78 is 5.10. The van der Waals surface area contributed by atoms with Crippen LogP contribution in [0, 0.1) is 0 Å². The van der Waals surface area contributed by atoms with Gasteiger partial charge in [0.25, 0.3) is 0 Å². The van der Waals surface area contributed by atoms with Gasteiger partial charge in [-0.3, -0.25) is 0 Å². The van der Waals surface area contributed by atoms with Crippen LogP contribution in [-0.2, 0) is 0 Å². The Morgan fingerprint density at radius 3 is 2.38 bits per heavy atom. The molecule has 4 nitrogen and oxygen atoms in total. The molecular weight excluding hydrogens is 264 g/mol. The molecule has 0 amide bonds. The quantitative estimate of drug-likeness (QED) is 0.688. The topological polar surface area (TPSA) is 54.2 Å². The molecular formula is C17H14N2O2. The van der Waals surface area contributed by atoms with Crippen molar-refractivity contribution in [1.82, 2.24) is 0 Å². The summed E-state index contributed by atoms with van der Waals surface area (Å²) in [6.07, 6.45) is 0. The van der Waals surface area contributed by atoms with Gasteiger partial charge >= 0.3 is 0 Å². The van der Waals surface area contributed by atoms with Crippen molar-refractivity contribution in [2.24, 2.45) is 10.2 Å². The van der Waals surface area contributed by atoms with Gasteiger partial charge in [-0.25, -0.2) is 0 Å². The highest BCUT2D eigenvalue weighted by Gasteiger charge is 2.05. The van der Waals surface area contributed by atoms with E-state index in [0.29, 0.717) is 11.4 Å². The number of nitrogens with zero attached hydrogens (tertiary/aromatic N) is 2. The summed E-state index contributed by atoms with van der Waals surface area (Å²) in [5.41, 5.74) is 1.17. The third-order valence-corrected chi connectivity index (χ3v) is 3.22. The van der Waals surface area contributed by atoms with Crippen molar-refractivity contribution in [3.05, 3.63) is 60.7 Å². The number of fused-ring (bicyclic) bond motifs is 1. The number of hydrogen-bond acceptors (Lipinski definition) is 4. The van der Waals surface area contributed by atoms with Gasteiger partial charge in [0, 0.05) is 5.39 Å². The van der Waals surface area contributed by atoms with Crippen LogP contribution in [0.2, 0.25) is 0 Å². The molecule has 0 aliphatic carbocycles. The molecule has 1 N–H and O–H groups in total. The van der Waals surface area contributed by atoms with E-state index in [4.69, 9.17) is 4.74 Å². The standard InChI is InChI=1S/C17H14N2O2/c1-21-14-9-7-13(8-10-14)18-19-17-15-5-3-2-4-12(15)6-11-16(17)20/h2-11,20H,1H3. The second kappa shape index (κ2) is 5.63. The molecule has 3 aromatic carbocycles. The summed E-state index contributed by atoms with van der Waals surface area (Å²) in [5.74, 6) is 0.882. The lowest BCUT2D eigenvalue weighted by atomic mass is 10.1. The van der Waals surface area contributed by atoms with Crippen molar-refractivity contribution in [3.8, 4) is 11.5 Å². The first kappa shape index (κ1) is 13.1. The maximum atomic E-state index is 9.99. The fourth-order valence-electron chi connectivity index (χ4n) is 2.11. The van der Waals surface area contributed by atoms with Crippen LogP contribution in [0.1, 0.15) is 0 Å². The van der Waals surface area contributed by atoms with E-state index in [2.05, 4.69) is 10.2 Å². The van der Waals surface area contributed by atoms with E-state index in [9.17, 15) is 5.11 Å². The number of aromatic hydroxyl groups is 1. The maximum absolute atomic E-state index is 9.99. The van der Waals surface area contributed by atoms with Crippen molar-refractivity contribution in [1.29, 1.82) is 0 Å². The van der Waals surface area contributed by atoms with Crippen LogP contribution in [-0.4, -0.2) is 12.2 Å². The zero-order valence-electron chi connectivity index (χ0n) is 11.5. The Hall–Kier alpha value is -2.88. The molecule has 3 aromatic rings. The summed E-state index contributed by atoms with van der Waals surface area (Å²) in [6, 6.07) is 18.5. The summed E-state index contributed by atoms with van der Waals surface area (Å²) in [7, 11) is 1.62. The Kier molecular flexibility index (Phi) is 3.51. The molecule has 0 fully saturated rings. The van der Waals surface area contributed by atoms with E-state index >= 15 is 0 Å². The van der Waals surface area contributed by atoms with Crippen LogP contribution in [0.5, 0.6) is 11.5 Å². The summed E-state index contributed by atoms with van der Waals surface area (Å²) in [4.78, 5) is 0. The van der Waals surface area contributed by atoms with Crippen molar-refractivity contribution in [3.63, 3.8) is 0 Å². The molecule has 104 valence electrons. The monoisotopic (exact) mass is 278 g/mol. The van der Waals surface area contributed by atoms with Crippen LogP contribution in [0.4, 0.5) is 11.4 Å². The normalized spacial score (nSPS) is 11.1. The van der Waals surface area contributed by atoms with Crippen LogP contribution >= 0.6 is 0 Å². The van der Waals surface area contributed by atoms with Crippen molar-refractivity contribution >= 4 is 22.1 Å². The molecule has 0 atom stereocenters. The van der Waals surface area contributed by atoms with Gasteiger partial charge in [0.2, 0.25) is 0 Å². The van der Waals surface area contributed by atoms with Crippen LogP contribution < -0.4 is 4.74 Å². The zero-order valence-corrected chi connectivity index (χ0v) is 11.5. The molecule has 0 spiro atoms. The largest absolute Gasteiger partial charge is 0.506 e. The van der Waals surface area contributed by atoms with E-state index in [1.54, 1.807) is 13.2 Å². The number of phenols is 1. The molecule has 0 heterocycles. The molecule has 21 heavy (non-hydrogen) atoms. The third-order valence-electron chi connectivity index (χ3n) is 3.22. The number of hydrogen-bond donors (Lipinski definition) is 1. The zero-order chi connectivity index (χ0) is 14.7. The molecule has 0 saturated carbocycles. The summed E-state index contributed by atoms with van der Waals surface area (Å²) in [5, 5.41) is 20.2. The summed E-state index contributed by atoms with van der Waals surface area (Å²) >= 11 is 0. The van der Waals surface area contributed by atoms with Gasteiger partial charge < -0.3 is 9.84 Å². The van der Waals surface area contributed by atoms with Gasteiger partial charge in [-0.15, -0.1) is 5.11 Å². The van der Waals surface area contributed by atoms with E-state index in [0.717, 1.165) is 16.5 Å². The lowest BCUT2D eigenvalue weighted by Gasteiger charge is -2.03. The maximum Gasteiger partial charge on any atom is 0.143 e. The molecule has 0 radical (unpaired) electrons. The highest BCUT2D eigenvalue weighted by molar-refractivity contribution is 5.95. The Morgan fingerprint density at radius 1 is 0.857 bits per heavy atom. The van der Waals surface area contributed by atoms with Crippen molar-refractivity contribution < 1.29 is 9.84 Å². The fraction of sp³-hybridized carbons (Fsp3) is 0.0588. The molecule has 0 aliphatic rings. The van der Waals surface area contributed by atoms with Crippen molar-refractivity contribution in [2.75, 3.05) is 7.11 Å². The SMILES string of the molecule is COc1ccc(N=Nc2c(O)ccc3ccccc23)cc1. The number of methoxy groups -OCH3 is 1. The first-order chi connectivity index (χ1) is 10.3. The highest BCUT2D eigenvalue weighted by atomic mass is 16.5. The Labute approximate surface area is 122 Å².